The molecule has 114 heavy (non-hydrogen) atoms. The third kappa shape index (κ3) is 18.9. The number of hydrogen-bond acceptors (Lipinski definition) is 24. The number of aliphatic hydroxyl groups excluding tert-OH is 1. The lowest BCUT2D eigenvalue weighted by atomic mass is 9.89. The zero-order valence-corrected chi connectivity index (χ0v) is 66.7. The average Bonchev–Trinajstić information content (AvgIpc) is 0.771. The molecule has 0 aliphatic carbocycles. The summed E-state index contributed by atoms with van der Waals surface area (Å²) in [5.41, 5.74) is -1.79. The number of halogens is 1. The first-order chi connectivity index (χ1) is 54.0. The fourth-order valence-electron chi connectivity index (χ4n) is 12.8. The van der Waals surface area contributed by atoms with Crippen molar-refractivity contribution in [3.8, 4) is 74.4 Å². The maximum absolute atomic E-state index is 16.6. The highest BCUT2D eigenvalue weighted by Gasteiger charge is 2.47. The number of carbonyl (C=O) groups excluding carboxylic acids is 7. The van der Waals surface area contributed by atoms with E-state index >= 15 is 33.2 Å². The van der Waals surface area contributed by atoms with Crippen LogP contribution < -0.4 is 75.1 Å². The van der Waals surface area contributed by atoms with Crippen molar-refractivity contribution in [3.05, 3.63) is 176 Å². The first-order valence-electron chi connectivity index (χ1n) is 36.0. The number of fused-ring (bicyclic) bond motifs is 12. The molecule has 0 saturated heterocycles. The van der Waals surface area contributed by atoms with Crippen molar-refractivity contribution < 1.29 is 114 Å². The number of benzene rings is 7. The lowest BCUT2D eigenvalue weighted by Gasteiger charge is -2.41. The Labute approximate surface area is 657 Å². The van der Waals surface area contributed by atoms with E-state index in [1.54, 1.807) is 52.9 Å². The molecule has 9 N–H and O–H groups in total. The number of phenolic OH excluding ortho intramolecular Hbond substituents is 1. The number of amides is 7. The average molecular weight is 1600 g/mol. The van der Waals surface area contributed by atoms with Gasteiger partial charge in [-0.1, -0.05) is 51.1 Å². The highest BCUT2D eigenvalue weighted by atomic mass is 28.4. The van der Waals surface area contributed by atoms with Crippen LogP contribution in [0, 0.1) is 22.9 Å². The number of methoxy groups -OCH3 is 7. The number of nitro benzene ring substituents is 1. The molecule has 0 fully saturated rings. The van der Waals surface area contributed by atoms with Gasteiger partial charge in [-0.05, 0) is 158 Å². The summed E-state index contributed by atoms with van der Waals surface area (Å²) in [6.45, 7) is 15.2. The van der Waals surface area contributed by atoms with Crippen molar-refractivity contribution in [2.75, 3.05) is 76.4 Å². The van der Waals surface area contributed by atoms with Gasteiger partial charge in [0.1, 0.15) is 95.4 Å². The second-order valence-electron chi connectivity index (χ2n) is 29.4. The first-order valence-corrected chi connectivity index (χ1v) is 38.9. The van der Waals surface area contributed by atoms with E-state index in [2.05, 4.69) is 37.2 Å². The summed E-state index contributed by atoms with van der Waals surface area (Å²) in [6.07, 6.45) is -4.85. The molecule has 34 heteroatoms. The zero-order valence-electron chi connectivity index (χ0n) is 65.7. The van der Waals surface area contributed by atoms with Crippen LogP contribution >= 0.6 is 0 Å². The Morgan fingerprint density at radius 3 is 1.92 bits per heavy atom. The van der Waals surface area contributed by atoms with Gasteiger partial charge in [0, 0.05) is 35.9 Å². The standard InChI is InChI=1S/C80H93FN8O24Si/c1-40-57(105-12)33-46-34-58(40)111-59-32-43(21-26-56(59)104-11)64(88-78(98)112-79(2,3)4)73(93)87-68(70(113-114(15,16)80(5,6)7)44-19-24-51(81)53(30-44)89(99)100)77(97)85-66(46)75(95)84-65-45-31-54(90)71(107-14)61(35-45)110-47-22-17-41(18-23-47)69(91)67-76(96)82-52(38-109-39-108-28-27-101-8)49-36-48(102-9)37-60(106-13)62(49)50-29-42(20-25-55(50)103-10)63(72(92)86-67)83-74(65)94/h17-26,29-37,52,63-70,90-91H,27-28,38-39H2,1-16H3,(H,82,96)(H,83,94)(H,84,95)(H,85,97)(H,86,92)(H,87,93)(H,88,98)/t52-,63-,64-,65-,66+,67+,68-,69-,70-/m1/s1. The number of aromatic hydroxyl groups is 1. The highest BCUT2D eigenvalue weighted by Crippen LogP contribution is 2.49. The molecule has 0 saturated carbocycles. The number of aliphatic hydroxyl groups is 1. The Morgan fingerprint density at radius 1 is 0.623 bits per heavy atom. The van der Waals surface area contributed by atoms with Gasteiger partial charge in [0.2, 0.25) is 47.0 Å². The molecule has 7 aromatic rings. The van der Waals surface area contributed by atoms with E-state index in [0.29, 0.717) is 5.56 Å². The van der Waals surface area contributed by atoms with Crippen molar-refractivity contribution in [1.29, 1.82) is 0 Å². The van der Waals surface area contributed by atoms with Crippen LogP contribution in [-0.4, -0.2) is 159 Å². The molecular formula is C80H93FN8O24Si. The SMILES string of the molecule is COCCOCOC[C@H]1NC(=O)[C@H]2NC(=O)[C@H](NC(=O)[C@H](NC(=O)[C@H]3NC(=O)[C@@H]([C@H](O[Si](C)(C)C(C)(C)C)c4ccc(F)c([N+](=O)[O-])c4)NC(=O)[C@H](NC(=O)OC(C)(C)C)c4ccc(OC)c(c4)Oc4cc3cc(OC)c4C)c3cc(O)c(OC)c(c3)Oc3ccc(cc3)[C@H]2O)c2ccc(OC)c(c2)-c2c(OC)cc(OC)cc21. The summed E-state index contributed by atoms with van der Waals surface area (Å²) in [6, 6.07) is 11.8. The molecule has 7 aromatic carbocycles. The molecule has 0 aromatic heterocycles. The zero-order chi connectivity index (χ0) is 83.0. The monoisotopic (exact) mass is 1600 g/mol. The number of phenols is 1. The molecule has 32 nitrogen and oxygen atoms in total. The fraction of sp³-hybridized carbons (Fsp3) is 0.388. The molecule has 9 atom stereocenters. The number of nitrogens with zero attached hydrogens (tertiary/aromatic N) is 1. The van der Waals surface area contributed by atoms with Crippen LogP contribution in [0.4, 0.5) is 14.9 Å². The minimum atomic E-state index is -3.37. The third-order valence-corrected chi connectivity index (χ3v) is 24.2. The van der Waals surface area contributed by atoms with Gasteiger partial charge in [0.05, 0.1) is 73.4 Å². The van der Waals surface area contributed by atoms with Crippen LogP contribution in [0.25, 0.3) is 11.1 Å². The summed E-state index contributed by atoms with van der Waals surface area (Å²) in [7, 11) is 6.17. The molecule has 608 valence electrons. The Balaban J connectivity index is 1.21. The van der Waals surface area contributed by atoms with Gasteiger partial charge in [0.25, 0.3) is 0 Å². The Hall–Kier alpha value is -11.8. The summed E-state index contributed by atoms with van der Waals surface area (Å²) in [5, 5.41) is 55.8. The van der Waals surface area contributed by atoms with Gasteiger partial charge in [-0.25, -0.2) is 4.79 Å². The number of nitro groups is 1. The lowest BCUT2D eigenvalue weighted by molar-refractivity contribution is -0.387. The smallest absolute Gasteiger partial charge is 0.408 e. The highest BCUT2D eigenvalue weighted by molar-refractivity contribution is 6.74. The van der Waals surface area contributed by atoms with E-state index in [4.69, 9.17) is 61.3 Å². The molecule has 7 amide bonds. The van der Waals surface area contributed by atoms with E-state index in [-0.39, 0.29) is 134 Å². The normalized spacial score (nSPS) is 19.4. The van der Waals surface area contributed by atoms with Gasteiger partial charge in [-0.15, -0.1) is 0 Å². The molecule has 4 aliphatic rings. The predicted octanol–water partition coefficient (Wildman–Crippen LogP) is 10.1. The first kappa shape index (κ1) is 84.6. The van der Waals surface area contributed by atoms with Crippen molar-refractivity contribution in [2.24, 2.45) is 0 Å². The van der Waals surface area contributed by atoms with Crippen LogP contribution in [0.15, 0.2) is 115 Å². The summed E-state index contributed by atoms with van der Waals surface area (Å²) < 4.78 is 93.6. The van der Waals surface area contributed by atoms with Crippen LogP contribution in [0.5, 0.6) is 63.2 Å². The summed E-state index contributed by atoms with van der Waals surface area (Å²) in [4.78, 5) is 122. The van der Waals surface area contributed by atoms with Crippen LogP contribution in [0.1, 0.15) is 128 Å². The molecule has 0 unspecified atom stereocenters. The largest absolute Gasteiger partial charge is 0.504 e. The molecular weight excluding hydrogens is 1500 g/mol. The Bertz CT molecular complexity index is 4800. The van der Waals surface area contributed by atoms with E-state index in [0.717, 1.165) is 24.3 Å². The third-order valence-electron chi connectivity index (χ3n) is 19.7. The second kappa shape index (κ2) is 35.5. The van der Waals surface area contributed by atoms with Crippen molar-refractivity contribution in [1.82, 2.24) is 37.2 Å². The number of hydrogen-bond donors (Lipinski definition) is 9. The predicted molar refractivity (Wildman–Crippen MR) is 411 cm³/mol. The number of carbonyl (C=O) groups is 7. The minimum Gasteiger partial charge on any atom is -0.504 e. The molecule has 0 radical (unpaired) electrons. The summed E-state index contributed by atoms with van der Waals surface area (Å²) >= 11 is 0. The number of rotatable bonds is 21. The quantitative estimate of drug-likeness (QED) is 0.0106. The van der Waals surface area contributed by atoms with E-state index in [1.165, 1.54) is 129 Å². The van der Waals surface area contributed by atoms with Crippen LogP contribution in [0.2, 0.25) is 18.1 Å². The van der Waals surface area contributed by atoms with Gasteiger partial charge < -0.3 is 109 Å². The van der Waals surface area contributed by atoms with Crippen LogP contribution in [-0.2, 0) is 52.1 Å². The topological polar surface area (TPSA) is 407 Å². The molecule has 11 rings (SSSR count). The van der Waals surface area contributed by atoms with Gasteiger partial charge in [-0.3, -0.25) is 38.9 Å². The van der Waals surface area contributed by atoms with E-state index in [1.807, 2.05) is 20.8 Å². The number of nitrogens with one attached hydrogen (secondary N) is 7. The van der Waals surface area contributed by atoms with Crippen LogP contribution in [0.3, 0.4) is 0 Å². The maximum atomic E-state index is 16.6. The Morgan fingerprint density at radius 2 is 1.27 bits per heavy atom. The minimum absolute atomic E-state index is 0.0122. The number of alkyl carbamates (subject to hydrolysis) is 1. The molecule has 4 heterocycles. The maximum Gasteiger partial charge on any atom is 0.408 e. The molecule has 0 spiro atoms. The lowest BCUT2D eigenvalue weighted by Crippen LogP contribution is -2.57. The molecule has 12 bridgehead atoms. The fourth-order valence-corrected chi connectivity index (χ4v) is 14.1. The van der Waals surface area contributed by atoms with E-state index < -0.39 is 137 Å². The number of ether oxygens (including phenoxy) is 12. The van der Waals surface area contributed by atoms with Gasteiger partial charge >= 0.3 is 11.8 Å². The van der Waals surface area contributed by atoms with Crippen molar-refractivity contribution >= 4 is 55.5 Å². The van der Waals surface area contributed by atoms with Gasteiger partial charge in [0.15, 0.2) is 31.3 Å². The summed E-state index contributed by atoms with van der Waals surface area (Å²) in [5.74, 6) is -9.11. The van der Waals surface area contributed by atoms with E-state index in [9.17, 15) is 25.1 Å². The molecule has 4 aliphatic heterocycles. The second-order valence-corrected chi connectivity index (χ2v) is 34.2. The van der Waals surface area contributed by atoms with Gasteiger partial charge in [-0.2, -0.15) is 4.39 Å². The van der Waals surface area contributed by atoms with Crippen molar-refractivity contribution in [3.63, 3.8) is 0 Å². The van der Waals surface area contributed by atoms with Crippen molar-refractivity contribution in [2.45, 2.75) is 127 Å². The Kier molecular flexibility index (Phi) is 26.3.